The molecule has 4 fully saturated rings. The molecule has 10 heteroatoms. The standard InChI is InChI=1S/C27H35FN2.C19H28N2O.C10H16.C8H14FNO.C8H12.C5H8.C2H7N/c1-22(2)30(21-25-12-14-26(28)15-13-25)23(3)27(4)16-19-29(20-17-27)18-8-11-24-9-6-5-7-10-24;1-6-12-19(13-7-2)16(4)21(18(22)20(19)5)14-17-10-8-15(3)9-11-17;1-2-3-7-10-8-5-4-6-9-10;1-8(9)4-2-6(3-5-8)7(10)11;1-2-8-6-4-3-5-7-8;1-2-5-3-4-5;1-3-2/h5-7,9-10,12-15H,1,3,8,11,16-21H2,2,4H3;8-11H,4,6-7,12-14H2,1-3,5H3;5,8-9H,2-4,6-7H2,1H3;6H,2-5H2,1H3,(H2,10,11);4,6-7H,2-3,5H2,1H3;2,5H,1,3-4H2;3H,1-2H3. The number of urea groups is 1. The molecule has 2 saturated heterocycles. The van der Waals surface area contributed by atoms with E-state index in [1.165, 1.54) is 99.5 Å². The predicted octanol–water partition coefficient (Wildman–Crippen LogP) is 20.1. The number of aryl methyl sites for hydroxylation is 2. The van der Waals surface area contributed by atoms with E-state index >= 15 is 0 Å². The molecule has 0 radical (unpaired) electrons. The van der Waals surface area contributed by atoms with Crippen molar-refractivity contribution in [3.63, 3.8) is 0 Å². The molecule has 0 spiro atoms. The van der Waals surface area contributed by atoms with Crippen LogP contribution >= 0.6 is 0 Å². The number of unbranched alkanes of at least 4 members (excludes halogenated alkanes) is 1. The van der Waals surface area contributed by atoms with E-state index in [-0.39, 0.29) is 34.6 Å². The fourth-order valence-electron chi connectivity index (χ4n) is 11.8. The zero-order valence-corrected chi connectivity index (χ0v) is 57.6. The van der Waals surface area contributed by atoms with Gasteiger partial charge in [-0.3, -0.25) is 9.69 Å². The largest absolute Gasteiger partial charge is 0.369 e. The van der Waals surface area contributed by atoms with Crippen LogP contribution in [0.4, 0.5) is 13.6 Å². The quantitative estimate of drug-likeness (QED) is 0.104. The van der Waals surface area contributed by atoms with E-state index in [4.69, 9.17) is 5.73 Å². The molecule has 2 heterocycles. The van der Waals surface area contributed by atoms with Gasteiger partial charge in [-0.15, -0.1) is 6.58 Å². The van der Waals surface area contributed by atoms with E-state index in [9.17, 15) is 18.4 Å². The number of nitrogens with zero attached hydrogens (tertiary/aromatic N) is 4. The monoisotopic (exact) mass is 1220 g/mol. The molecule has 0 bridgehead atoms. The van der Waals surface area contributed by atoms with Crippen molar-refractivity contribution in [1.82, 2.24) is 24.9 Å². The Labute approximate surface area is 541 Å². The number of alkyl halides is 1. The first kappa shape index (κ1) is 77.1. The lowest BCUT2D eigenvalue weighted by molar-refractivity contribution is -0.123. The summed E-state index contributed by atoms with van der Waals surface area (Å²) in [5.74, 6) is 0.334. The zero-order valence-electron chi connectivity index (χ0n) is 57.6. The summed E-state index contributed by atoms with van der Waals surface area (Å²) in [5.41, 5.74) is 14.9. The van der Waals surface area contributed by atoms with Gasteiger partial charge < -0.3 is 25.8 Å². The van der Waals surface area contributed by atoms with Gasteiger partial charge in [0, 0.05) is 42.0 Å². The number of nitrogens with one attached hydrogen (secondary N) is 1. The molecule has 0 atom stereocenters. The minimum absolute atomic E-state index is 0.0644. The Bertz CT molecular complexity index is 2680. The molecule has 8 nitrogen and oxygen atoms in total. The normalized spacial score (nSPS) is 19.6. The van der Waals surface area contributed by atoms with Crippen molar-refractivity contribution in [2.75, 3.05) is 40.8 Å². The molecule has 6 aliphatic rings. The van der Waals surface area contributed by atoms with Gasteiger partial charge in [-0.2, -0.15) is 0 Å². The number of nitrogens with two attached hydrogens (primary N) is 1. The van der Waals surface area contributed by atoms with Crippen LogP contribution < -0.4 is 11.1 Å². The molecule has 0 aromatic heterocycles. The maximum Gasteiger partial charge on any atom is 0.325 e. The summed E-state index contributed by atoms with van der Waals surface area (Å²) in [6, 6.07) is 25.9. The number of piperidine rings is 1. The van der Waals surface area contributed by atoms with Crippen LogP contribution in [-0.2, 0) is 24.3 Å². The number of likely N-dealkylation sites (N-methyl/N-ethyl adjacent to an activating group) is 1. The number of hydrogen-bond donors (Lipinski definition) is 2. The van der Waals surface area contributed by atoms with Crippen LogP contribution in [-0.4, -0.2) is 83.5 Å². The van der Waals surface area contributed by atoms with Gasteiger partial charge in [0.1, 0.15) is 11.5 Å². The van der Waals surface area contributed by atoms with Crippen LogP contribution in [0.5, 0.6) is 0 Å². The van der Waals surface area contributed by atoms with E-state index in [1.54, 1.807) is 12.5 Å². The van der Waals surface area contributed by atoms with E-state index < -0.39 is 5.67 Å². The van der Waals surface area contributed by atoms with Gasteiger partial charge in [-0.25, -0.2) is 13.6 Å². The van der Waals surface area contributed by atoms with Gasteiger partial charge in [-0.05, 0) is 211 Å². The van der Waals surface area contributed by atoms with Crippen LogP contribution in [0.3, 0.4) is 0 Å². The number of carbonyl (C=O) groups excluding carboxylic acids is 2. The highest BCUT2D eigenvalue weighted by Crippen LogP contribution is 2.43. The Morgan fingerprint density at radius 2 is 1.30 bits per heavy atom. The minimum atomic E-state index is -1.06. The lowest BCUT2D eigenvalue weighted by Crippen LogP contribution is -2.43. The molecule has 89 heavy (non-hydrogen) atoms. The molecule has 2 aliphatic heterocycles. The average molecular weight is 1220 g/mol. The first-order chi connectivity index (χ1) is 42.5. The summed E-state index contributed by atoms with van der Waals surface area (Å²) in [6.07, 6.45) is 39.4. The van der Waals surface area contributed by atoms with E-state index in [1.807, 2.05) is 56.1 Å². The Hall–Kier alpha value is -6.10. The summed E-state index contributed by atoms with van der Waals surface area (Å²) in [6.45, 7) is 38.0. The third-order valence-corrected chi connectivity index (χ3v) is 18.0. The average Bonchev–Trinajstić information content (AvgIpc) is 1.65. The molecule has 0 unspecified atom stereocenters. The van der Waals surface area contributed by atoms with Gasteiger partial charge in [0.15, 0.2) is 0 Å². The molecular weight excluding hydrogens is 1100 g/mol. The number of benzene rings is 3. The van der Waals surface area contributed by atoms with Crippen LogP contribution in [0.15, 0.2) is 176 Å². The molecule has 3 N–H and O–H groups in total. The smallest absolute Gasteiger partial charge is 0.325 e. The molecule has 9 rings (SSSR count). The predicted molar refractivity (Wildman–Crippen MR) is 377 cm³/mol. The molecule has 492 valence electrons. The van der Waals surface area contributed by atoms with Gasteiger partial charge in [0.05, 0.1) is 12.1 Å². The number of hydrogen-bond acceptors (Lipinski definition) is 5. The fourth-order valence-corrected chi connectivity index (χ4v) is 11.8. The second-order valence-corrected chi connectivity index (χ2v) is 25.9. The SMILES string of the molecule is C=C(C)N(Cc1ccc(F)cc1)C(=C)C1(C)CCN(CCCc2ccccc2)CC1.C=C1N(Cc2ccc(C)cc2)C(=O)N(C)C1(CCC)CCC.C=CC1CC1.CC1(F)CCC(C(N)=O)CC1.CCC1=CCCC=C1.CCCCC1=CCCC=C1.CNC. The lowest BCUT2D eigenvalue weighted by atomic mass is 9.77. The fraction of sp³-hybridized carbons (Fsp3) is 0.544. The summed E-state index contributed by atoms with van der Waals surface area (Å²) < 4.78 is 26.4. The maximum atomic E-state index is 13.3. The van der Waals surface area contributed by atoms with E-state index in [2.05, 4.69) is 174 Å². The van der Waals surface area contributed by atoms with Crippen molar-refractivity contribution in [3.05, 3.63) is 204 Å². The van der Waals surface area contributed by atoms with Crippen molar-refractivity contribution in [3.8, 4) is 0 Å². The van der Waals surface area contributed by atoms with Crippen LogP contribution in [0, 0.1) is 30.0 Å². The summed E-state index contributed by atoms with van der Waals surface area (Å²) in [4.78, 5) is 32.0. The van der Waals surface area contributed by atoms with E-state index in [0.29, 0.717) is 38.8 Å². The van der Waals surface area contributed by atoms with Gasteiger partial charge >= 0.3 is 6.03 Å². The second-order valence-electron chi connectivity index (χ2n) is 25.9. The highest BCUT2D eigenvalue weighted by atomic mass is 19.1. The molecule has 3 amide bonds. The number of primary amides is 1. The first-order valence-corrected chi connectivity index (χ1v) is 33.9. The van der Waals surface area contributed by atoms with Gasteiger partial charge in [0.2, 0.25) is 5.91 Å². The number of amides is 3. The number of rotatable bonds is 21. The van der Waals surface area contributed by atoms with Crippen LogP contribution in [0.2, 0.25) is 0 Å². The molecule has 3 aromatic carbocycles. The number of carbonyl (C=O) groups is 2. The molecular formula is C79H120F2N6O2. The van der Waals surface area contributed by atoms with Crippen molar-refractivity contribution >= 4 is 11.9 Å². The molecule has 3 aromatic rings. The van der Waals surface area contributed by atoms with Crippen molar-refractivity contribution in [2.45, 2.75) is 221 Å². The summed E-state index contributed by atoms with van der Waals surface area (Å²) >= 11 is 0. The summed E-state index contributed by atoms with van der Waals surface area (Å²) in [7, 11) is 5.67. The molecule has 2 saturated carbocycles. The Kier molecular flexibility index (Phi) is 35.8. The number of allylic oxidation sites excluding steroid dienone is 11. The highest BCUT2D eigenvalue weighted by molar-refractivity contribution is 5.82. The Morgan fingerprint density at radius 3 is 1.75 bits per heavy atom. The third-order valence-electron chi connectivity index (χ3n) is 18.0. The van der Waals surface area contributed by atoms with Crippen LogP contribution in [0.1, 0.15) is 206 Å². The van der Waals surface area contributed by atoms with Gasteiger partial charge in [0.25, 0.3) is 0 Å². The van der Waals surface area contributed by atoms with E-state index in [0.717, 1.165) is 98.7 Å². The minimum Gasteiger partial charge on any atom is -0.369 e. The zero-order chi connectivity index (χ0) is 65.8. The third kappa shape index (κ3) is 27.9. The Balaban J connectivity index is 0.000000304. The van der Waals surface area contributed by atoms with Crippen molar-refractivity contribution in [1.29, 1.82) is 0 Å². The molecule has 4 aliphatic carbocycles. The first-order valence-electron chi connectivity index (χ1n) is 33.9. The van der Waals surface area contributed by atoms with Crippen molar-refractivity contribution in [2.24, 2.45) is 23.0 Å². The number of likely N-dealkylation sites (tertiary alicyclic amines) is 1. The second kappa shape index (κ2) is 41.3. The number of halogens is 2. The Morgan fingerprint density at radius 1 is 0.753 bits per heavy atom. The lowest BCUT2D eigenvalue weighted by Gasteiger charge is -2.44. The topological polar surface area (TPSA) is 85.2 Å². The van der Waals surface area contributed by atoms with Crippen molar-refractivity contribution < 1.29 is 18.4 Å². The van der Waals surface area contributed by atoms with Crippen LogP contribution in [0.25, 0.3) is 0 Å². The maximum absolute atomic E-state index is 13.3. The summed E-state index contributed by atoms with van der Waals surface area (Å²) in [5, 5.41) is 2.75. The van der Waals surface area contributed by atoms with Gasteiger partial charge in [-0.1, -0.05) is 200 Å². The highest BCUT2D eigenvalue weighted by Gasteiger charge is 2.49.